The van der Waals surface area contributed by atoms with Gasteiger partial charge in [-0.3, -0.25) is 19.3 Å². The van der Waals surface area contributed by atoms with E-state index in [2.05, 4.69) is 21.2 Å². The Kier molecular flexibility index (Phi) is 7.02. The standard InChI is InChI=1S/C32H28BrClN2O5/c1-15(2)29(32(40)41-14-24(37)35-23-13-22(34)21(33)12-16(23)3)36-30(38)27-25-17-8-4-5-9-18(17)26(28(27)31(36)39)20-11-7-6-10-19(20)25/h4-13,15,25-29H,14H2,1-3H3,(H,35,37)/t25?,26?,27-,28-,29+/m1/s1. The molecule has 3 aliphatic carbocycles. The molecule has 0 radical (unpaired) electrons. The van der Waals surface area contributed by atoms with Crippen LogP contribution in [-0.2, 0) is 23.9 Å². The molecule has 41 heavy (non-hydrogen) atoms. The molecule has 4 aliphatic rings. The molecule has 7 nitrogen and oxygen atoms in total. The number of imide groups is 1. The number of benzene rings is 3. The van der Waals surface area contributed by atoms with Gasteiger partial charge in [0.15, 0.2) is 6.61 Å². The zero-order valence-corrected chi connectivity index (χ0v) is 25.0. The first-order chi connectivity index (χ1) is 19.6. The molecule has 1 N–H and O–H groups in total. The van der Waals surface area contributed by atoms with Gasteiger partial charge in [0.05, 0.1) is 16.9 Å². The number of carbonyl (C=O) groups is 4. The summed E-state index contributed by atoms with van der Waals surface area (Å²) in [7, 11) is 0. The van der Waals surface area contributed by atoms with E-state index in [1.807, 2.05) is 55.5 Å². The molecule has 3 amide bonds. The minimum atomic E-state index is -1.15. The van der Waals surface area contributed by atoms with E-state index in [0.717, 1.165) is 32.7 Å². The van der Waals surface area contributed by atoms with Crippen molar-refractivity contribution in [3.63, 3.8) is 0 Å². The number of halogens is 2. The van der Waals surface area contributed by atoms with Crippen LogP contribution in [0.3, 0.4) is 0 Å². The van der Waals surface area contributed by atoms with Gasteiger partial charge in [0, 0.05) is 22.0 Å². The van der Waals surface area contributed by atoms with Crippen molar-refractivity contribution >= 4 is 56.9 Å². The SMILES string of the molecule is Cc1cc(Br)c(Cl)cc1NC(=O)COC(=O)[C@H](C(C)C)N1C(=O)[C@@H]2C3c4ccccc4C(c4ccccc43)[C@H]2C1=O. The van der Waals surface area contributed by atoms with Crippen molar-refractivity contribution in [2.24, 2.45) is 17.8 Å². The lowest BCUT2D eigenvalue weighted by Gasteiger charge is -2.45. The number of aryl methyl sites for hydroxylation is 1. The summed E-state index contributed by atoms with van der Waals surface area (Å²) in [6.45, 7) is 4.77. The molecular formula is C32H28BrClN2O5. The van der Waals surface area contributed by atoms with E-state index in [1.165, 1.54) is 0 Å². The van der Waals surface area contributed by atoms with Crippen LogP contribution in [0.15, 0.2) is 65.1 Å². The fraction of sp³-hybridized carbons (Fsp3) is 0.312. The van der Waals surface area contributed by atoms with Crippen molar-refractivity contribution in [2.75, 3.05) is 11.9 Å². The Balaban J connectivity index is 1.25. The molecule has 3 aromatic rings. The van der Waals surface area contributed by atoms with Gasteiger partial charge in [0.2, 0.25) is 11.8 Å². The number of likely N-dealkylation sites (tertiary alicyclic amines) is 1. The number of anilines is 1. The zero-order chi connectivity index (χ0) is 29.2. The van der Waals surface area contributed by atoms with Crippen molar-refractivity contribution in [1.82, 2.24) is 4.90 Å². The number of nitrogens with one attached hydrogen (secondary N) is 1. The van der Waals surface area contributed by atoms with Gasteiger partial charge in [0.1, 0.15) is 6.04 Å². The topological polar surface area (TPSA) is 92.8 Å². The second kappa shape index (κ2) is 10.4. The van der Waals surface area contributed by atoms with Crippen LogP contribution in [0.25, 0.3) is 0 Å². The molecule has 3 atom stereocenters. The molecule has 0 saturated carbocycles. The van der Waals surface area contributed by atoms with Gasteiger partial charge in [-0.25, -0.2) is 4.79 Å². The quantitative estimate of drug-likeness (QED) is 0.273. The third kappa shape index (κ3) is 4.39. The van der Waals surface area contributed by atoms with Crippen LogP contribution in [0.1, 0.15) is 53.5 Å². The molecule has 1 aliphatic heterocycles. The van der Waals surface area contributed by atoms with Crippen LogP contribution in [0.4, 0.5) is 5.69 Å². The molecule has 7 rings (SSSR count). The van der Waals surface area contributed by atoms with Crippen molar-refractivity contribution in [3.8, 4) is 0 Å². The summed E-state index contributed by atoms with van der Waals surface area (Å²) in [6.07, 6.45) is 0. The van der Waals surface area contributed by atoms with Crippen LogP contribution in [-0.4, -0.2) is 41.2 Å². The predicted octanol–water partition coefficient (Wildman–Crippen LogP) is 5.81. The maximum atomic E-state index is 14.1. The highest BCUT2D eigenvalue weighted by atomic mass is 79.9. The Bertz CT molecular complexity index is 1510. The lowest BCUT2D eigenvalue weighted by Crippen LogP contribution is -2.49. The van der Waals surface area contributed by atoms with E-state index in [4.69, 9.17) is 16.3 Å². The van der Waals surface area contributed by atoms with E-state index >= 15 is 0 Å². The van der Waals surface area contributed by atoms with E-state index in [9.17, 15) is 19.2 Å². The minimum Gasteiger partial charge on any atom is -0.454 e. The van der Waals surface area contributed by atoms with Gasteiger partial charge in [-0.2, -0.15) is 0 Å². The number of rotatable bonds is 6. The molecule has 1 heterocycles. The number of ether oxygens (including phenoxy) is 1. The highest BCUT2D eigenvalue weighted by Gasteiger charge is 2.63. The second-order valence-corrected chi connectivity index (χ2v) is 12.5. The minimum absolute atomic E-state index is 0.269. The van der Waals surface area contributed by atoms with E-state index in [1.54, 1.807) is 26.0 Å². The maximum absolute atomic E-state index is 14.1. The number of carbonyl (C=O) groups excluding carboxylic acids is 4. The van der Waals surface area contributed by atoms with Crippen molar-refractivity contribution in [2.45, 2.75) is 38.6 Å². The summed E-state index contributed by atoms with van der Waals surface area (Å²) in [5, 5.41) is 3.13. The molecule has 2 bridgehead atoms. The number of hydrogen-bond donors (Lipinski definition) is 1. The lowest BCUT2D eigenvalue weighted by atomic mass is 9.55. The highest BCUT2D eigenvalue weighted by Crippen LogP contribution is 2.61. The van der Waals surface area contributed by atoms with Crippen LogP contribution in [0.2, 0.25) is 5.02 Å². The monoisotopic (exact) mass is 634 g/mol. The molecule has 3 aromatic carbocycles. The molecule has 1 fully saturated rings. The van der Waals surface area contributed by atoms with Gasteiger partial charge < -0.3 is 10.1 Å². The fourth-order valence-electron chi connectivity index (χ4n) is 6.84. The summed E-state index contributed by atoms with van der Waals surface area (Å²) >= 11 is 9.50. The van der Waals surface area contributed by atoms with Crippen LogP contribution >= 0.6 is 27.5 Å². The summed E-state index contributed by atoms with van der Waals surface area (Å²) in [5.74, 6) is -4.22. The Hall–Kier alpha value is -3.49. The van der Waals surface area contributed by atoms with E-state index in [-0.39, 0.29) is 23.7 Å². The van der Waals surface area contributed by atoms with Crippen LogP contribution in [0, 0.1) is 24.7 Å². The largest absolute Gasteiger partial charge is 0.454 e. The third-order valence-electron chi connectivity index (χ3n) is 8.52. The van der Waals surface area contributed by atoms with Crippen LogP contribution < -0.4 is 5.32 Å². The number of esters is 1. The van der Waals surface area contributed by atoms with Gasteiger partial charge in [-0.05, 0) is 68.7 Å². The Morgan fingerprint density at radius 3 is 1.88 bits per heavy atom. The molecule has 210 valence electrons. The van der Waals surface area contributed by atoms with E-state index < -0.39 is 42.3 Å². The molecule has 0 unspecified atom stereocenters. The van der Waals surface area contributed by atoms with Crippen LogP contribution in [0.5, 0.6) is 0 Å². The van der Waals surface area contributed by atoms with Gasteiger partial charge in [0.25, 0.3) is 5.91 Å². The number of amides is 3. The summed E-state index contributed by atoms with van der Waals surface area (Å²) < 4.78 is 6.10. The number of hydrogen-bond acceptors (Lipinski definition) is 5. The fourth-order valence-corrected chi connectivity index (χ4v) is 7.46. The summed E-state index contributed by atoms with van der Waals surface area (Å²) in [4.78, 5) is 55.4. The first-order valence-electron chi connectivity index (χ1n) is 13.6. The first kappa shape index (κ1) is 27.7. The second-order valence-electron chi connectivity index (χ2n) is 11.2. The average molecular weight is 636 g/mol. The molecule has 1 saturated heterocycles. The molecule has 0 aromatic heterocycles. The van der Waals surface area contributed by atoms with Crippen molar-refractivity contribution in [3.05, 3.63) is 98.0 Å². The van der Waals surface area contributed by atoms with Gasteiger partial charge in [-0.1, -0.05) is 74.0 Å². The highest BCUT2D eigenvalue weighted by molar-refractivity contribution is 9.10. The lowest BCUT2D eigenvalue weighted by molar-refractivity contribution is -0.162. The Morgan fingerprint density at radius 2 is 1.41 bits per heavy atom. The number of nitrogens with zero attached hydrogens (tertiary/aromatic N) is 1. The molecule has 9 heteroatoms. The average Bonchev–Trinajstić information content (AvgIpc) is 3.20. The van der Waals surface area contributed by atoms with Gasteiger partial charge in [-0.15, -0.1) is 0 Å². The smallest absolute Gasteiger partial charge is 0.330 e. The summed E-state index contributed by atoms with van der Waals surface area (Å²) in [6, 6.07) is 18.2. The zero-order valence-electron chi connectivity index (χ0n) is 22.7. The Morgan fingerprint density at radius 1 is 0.927 bits per heavy atom. The third-order valence-corrected chi connectivity index (χ3v) is 9.72. The molecular weight excluding hydrogens is 608 g/mol. The van der Waals surface area contributed by atoms with Crippen molar-refractivity contribution < 1.29 is 23.9 Å². The Labute approximate surface area is 251 Å². The first-order valence-corrected chi connectivity index (χ1v) is 14.7. The molecule has 0 spiro atoms. The van der Waals surface area contributed by atoms with E-state index in [0.29, 0.717) is 15.2 Å². The van der Waals surface area contributed by atoms with Gasteiger partial charge >= 0.3 is 5.97 Å². The summed E-state index contributed by atoms with van der Waals surface area (Å²) in [5.41, 5.74) is 5.50. The van der Waals surface area contributed by atoms with Crippen molar-refractivity contribution in [1.29, 1.82) is 0 Å². The normalized spacial score (nSPS) is 22.7. The predicted molar refractivity (Wildman–Crippen MR) is 158 cm³/mol. The maximum Gasteiger partial charge on any atom is 0.330 e.